The monoisotopic (exact) mass is 396 g/mol. The molecule has 0 unspecified atom stereocenters. The summed E-state index contributed by atoms with van der Waals surface area (Å²) in [6.45, 7) is 2.31. The molecule has 0 aliphatic rings. The van der Waals surface area contributed by atoms with Gasteiger partial charge in [-0.1, -0.05) is 42.3 Å². The fourth-order valence-corrected chi connectivity index (χ4v) is 2.33. The Bertz CT molecular complexity index is 786. The second-order valence-electron chi connectivity index (χ2n) is 5.20. The molecule has 1 heterocycles. The predicted octanol–water partition coefficient (Wildman–Crippen LogP) is 3.83. The molecule has 1 aromatic carbocycles. The van der Waals surface area contributed by atoms with Gasteiger partial charge in [0, 0.05) is 12.7 Å². The molecule has 0 saturated heterocycles. The molecule has 0 fully saturated rings. The molecule has 0 saturated carbocycles. The first-order valence-corrected chi connectivity index (χ1v) is 8.64. The number of hydrogen-bond acceptors (Lipinski definition) is 5. The molecular weight excluding hydrogens is 379 g/mol. The molecule has 0 radical (unpaired) electrons. The molecule has 1 aromatic heterocycles. The van der Waals surface area contributed by atoms with E-state index in [0.29, 0.717) is 23.0 Å². The van der Waals surface area contributed by atoms with Crippen LogP contribution < -0.4 is 20.7 Å². The summed E-state index contributed by atoms with van der Waals surface area (Å²) in [5.41, 5.74) is 0.546. The topological polar surface area (TPSA) is 92.4 Å². The highest BCUT2D eigenvalue weighted by molar-refractivity contribution is 6.35. The molecule has 7 nitrogen and oxygen atoms in total. The number of anilines is 1. The number of nitrogens with one attached hydrogen (secondary N) is 3. The highest BCUT2D eigenvalue weighted by Gasteiger charge is 2.11. The number of nitrogens with zero attached hydrogens (tertiary/aromatic N) is 1. The fourth-order valence-electron chi connectivity index (χ4n) is 1.91. The first kappa shape index (κ1) is 19.8. The fraction of sp³-hybridized carbons (Fsp3) is 0.235. The molecule has 26 heavy (non-hydrogen) atoms. The molecule has 0 spiro atoms. The Labute approximate surface area is 161 Å². The van der Waals surface area contributed by atoms with E-state index in [9.17, 15) is 9.59 Å². The molecule has 0 bridgehead atoms. The van der Waals surface area contributed by atoms with Gasteiger partial charge in [-0.3, -0.25) is 10.1 Å². The van der Waals surface area contributed by atoms with E-state index < -0.39 is 11.9 Å². The van der Waals surface area contributed by atoms with E-state index >= 15 is 0 Å². The lowest BCUT2D eigenvalue weighted by Gasteiger charge is -2.13. The number of urea groups is 1. The Hall–Kier alpha value is -2.51. The molecule has 2 rings (SSSR count). The van der Waals surface area contributed by atoms with Crippen LogP contribution >= 0.6 is 23.2 Å². The number of benzene rings is 1. The second kappa shape index (κ2) is 9.84. The van der Waals surface area contributed by atoms with E-state index in [4.69, 9.17) is 27.9 Å². The van der Waals surface area contributed by atoms with Crippen molar-refractivity contribution in [1.82, 2.24) is 15.6 Å². The van der Waals surface area contributed by atoms with E-state index in [1.54, 1.807) is 24.3 Å². The molecule has 3 N–H and O–H groups in total. The number of amides is 3. The summed E-state index contributed by atoms with van der Waals surface area (Å²) in [5, 5.41) is 8.36. The predicted molar refractivity (Wildman–Crippen MR) is 101 cm³/mol. The van der Waals surface area contributed by atoms with Gasteiger partial charge >= 0.3 is 6.03 Å². The molecular formula is C17H18Cl2N4O3. The normalized spacial score (nSPS) is 10.1. The van der Waals surface area contributed by atoms with Crippen molar-refractivity contribution in [2.75, 3.05) is 18.4 Å². The highest BCUT2D eigenvalue weighted by atomic mass is 35.5. The van der Waals surface area contributed by atoms with Crippen molar-refractivity contribution < 1.29 is 14.3 Å². The smallest absolute Gasteiger partial charge is 0.321 e. The maximum atomic E-state index is 11.8. The van der Waals surface area contributed by atoms with Crippen LogP contribution in [0.15, 0.2) is 36.5 Å². The summed E-state index contributed by atoms with van der Waals surface area (Å²) in [5.74, 6) is 0.136. The van der Waals surface area contributed by atoms with Gasteiger partial charge in [0.25, 0.3) is 0 Å². The van der Waals surface area contributed by atoms with Crippen LogP contribution in [0.2, 0.25) is 10.0 Å². The van der Waals surface area contributed by atoms with E-state index in [1.807, 2.05) is 6.92 Å². The standard InChI is InChI=1S/C17H18Cl2N4O3/c1-2-7-20-17(25)23-15(24)10-21-13-5-3-4-6-14(13)26-16-12(19)8-11(18)9-22-16/h3-6,8-9,21H,2,7,10H2,1H3,(H2,20,23,24,25). The molecule has 0 atom stereocenters. The average Bonchev–Trinajstić information content (AvgIpc) is 2.61. The van der Waals surface area contributed by atoms with Crippen molar-refractivity contribution in [3.05, 3.63) is 46.6 Å². The minimum atomic E-state index is -0.527. The van der Waals surface area contributed by atoms with Gasteiger partial charge in [-0.25, -0.2) is 9.78 Å². The molecule has 0 aliphatic carbocycles. The quantitative estimate of drug-likeness (QED) is 0.661. The lowest BCUT2D eigenvalue weighted by Crippen LogP contribution is -2.42. The van der Waals surface area contributed by atoms with Gasteiger partial charge in [-0.05, 0) is 24.6 Å². The van der Waals surface area contributed by atoms with E-state index in [2.05, 4.69) is 20.9 Å². The van der Waals surface area contributed by atoms with Crippen LogP contribution in [0.5, 0.6) is 11.6 Å². The third-order valence-corrected chi connectivity index (χ3v) is 3.57. The highest BCUT2D eigenvalue weighted by Crippen LogP contribution is 2.32. The summed E-state index contributed by atoms with van der Waals surface area (Å²) >= 11 is 11.9. The minimum absolute atomic E-state index is 0.109. The third-order valence-electron chi connectivity index (χ3n) is 3.10. The SMILES string of the molecule is CCCNC(=O)NC(=O)CNc1ccccc1Oc1ncc(Cl)cc1Cl. The van der Waals surface area contributed by atoms with Gasteiger partial charge < -0.3 is 15.4 Å². The zero-order valence-corrected chi connectivity index (χ0v) is 15.5. The van der Waals surface area contributed by atoms with E-state index in [0.717, 1.165) is 6.42 Å². The summed E-state index contributed by atoms with van der Waals surface area (Å²) < 4.78 is 5.69. The van der Waals surface area contributed by atoms with Crippen LogP contribution in [-0.2, 0) is 4.79 Å². The first-order chi connectivity index (χ1) is 12.5. The Morgan fingerprint density at radius 1 is 1.23 bits per heavy atom. The number of imide groups is 1. The number of halogens is 2. The number of hydrogen-bond donors (Lipinski definition) is 3. The summed E-state index contributed by atoms with van der Waals surface area (Å²) in [6.07, 6.45) is 2.20. The number of aromatic nitrogens is 1. The second-order valence-corrected chi connectivity index (χ2v) is 6.04. The lowest BCUT2D eigenvalue weighted by molar-refractivity contribution is -0.118. The van der Waals surface area contributed by atoms with Crippen molar-refractivity contribution in [2.24, 2.45) is 0 Å². The largest absolute Gasteiger partial charge is 0.435 e. The van der Waals surface area contributed by atoms with Crippen LogP contribution in [-0.4, -0.2) is 30.0 Å². The zero-order valence-electron chi connectivity index (χ0n) is 14.0. The Morgan fingerprint density at radius 3 is 2.73 bits per heavy atom. The molecule has 2 aromatic rings. The van der Waals surface area contributed by atoms with Crippen LogP contribution in [0.25, 0.3) is 0 Å². The van der Waals surface area contributed by atoms with Crippen LogP contribution in [0, 0.1) is 0 Å². The lowest BCUT2D eigenvalue weighted by atomic mass is 10.3. The Balaban J connectivity index is 1.98. The van der Waals surface area contributed by atoms with Crippen LogP contribution in [0.4, 0.5) is 10.5 Å². The van der Waals surface area contributed by atoms with Crippen molar-refractivity contribution in [3.63, 3.8) is 0 Å². The van der Waals surface area contributed by atoms with Gasteiger partial charge in [0.05, 0.1) is 17.3 Å². The van der Waals surface area contributed by atoms with E-state index in [1.165, 1.54) is 12.3 Å². The van der Waals surface area contributed by atoms with Crippen molar-refractivity contribution in [3.8, 4) is 11.6 Å². The zero-order chi connectivity index (χ0) is 18.9. The molecule has 9 heteroatoms. The number of pyridine rings is 1. The molecule has 138 valence electrons. The number of rotatable bonds is 7. The Morgan fingerprint density at radius 2 is 2.00 bits per heavy atom. The maximum Gasteiger partial charge on any atom is 0.321 e. The van der Waals surface area contributed by atoms with Gasteiger partial charge in [0.15, 0.2) is 5.75 Å². The summed E-state index contributed by atoms with van der Waals surface area (Å²) in [6, 6.07) is 7.95. The maximum absolute atomic E-state index is 11.8. The Kier molecular flexibility index (Phi) is 7.50. The number of ether oxygens (including phenoxy) is 1. The molecule has 3 amide bonds. The van der Waals surface area contributed by atoms with E-state index in [-0.39, 0.29) is 17.4 Å². The van der Waals surface area contributed by atoms with Gasteiger partial charge in [0.2, 0.25) is 11.8 Å². The van der Waals surface area contributed by atoms with Crippen LogP contribution in [0.3, 0.4) is 0 Å². The van der Waals surface area contributed by atoms with Gasteiger partial charge in [0.1, 0.15) is 5.02 Å². The number of carbonyl (C=O) groups is 2. The van der Waals surface area contributed by atoms with Crippen molar-refractivity contribution in [1.29, 1.82) is 0 Å². The summed E-state index contributed by atoms with van der Waals surface area (Å²) in [4.78, 5) is 27.3. The van der Waals surface area contributed by atoms with Crippen LogP contribution in [0.1, 0.15) is 13.3 Å². The third kappa shape index (κ3) is 6.09. The number of carbonyl (C=O) groups excluding carboxylic acids is 2. The van der Waals surface area contributed by atoms with Crippen molar-refractivity contribution in [2.45, 2.75) is 13.3 Å². The van der Waals surface area contributed by atoms with Crippen molar-refractivity contribution >= 4 is 40.8 Å². The van der Waals surface area contributed by atoms with Gasteiger partial charge in [-0.15, -0.1) is 0 Å². The number of para-hydroxylation sites is 2. The first-order valence-electron chi connectivity index (χ1n) is 7.89. The summed E-state index contributed by atoms with van der Waals surface area (Å²) in [7, 11) is 0. The van der Waals surface area contributed by atoms with Gasteiger partial charge in [-0.2, -0.15) is 0 Å². The average molecular weight is 397 g/mol. The minimum Gasteiger partial charge on any atom is -0.435 e. The molecule has 0 aliphatic heterocycles.